The van der Waals surface area contributed by atoms with Crippen molar-refractivity contribution >= 4 is 17.4 Å². The fourth-order valence-electron chi connectivity index (χ4n) is 1.58. The van der Waals surface area contributed by atoms with Crippen molar-refractivity contribution in [2.75, 3.05) is 0 Å². The Morgan fingerprint density at radius 1 is 1.29 bits per heavy atom. The molecule has 1 atom stereocenters. The lowest BCUT2D eigenvalue weighted by Gasteiger charge is -2.07. The van der Waals surface area contributed by atoms with Crippen molar-refractivity contribution in [1.29, 1.82) is 5.26 Å². The van der Waals surface area contributed by atoms with E-state index < -0.39 is 5.92 Å². The summed E-state index contributed by atoms with van der Waals surface area (Å²) in [7, 11) is 0. The number of nitriles is 1. The molecule has 1 unspecified atom stereocenters. The number of benzene rings is 1. The zero-order chi connectivity index (χ0) is 12.3. The van der Waals surface area contributed by atoms with Gasteiger partial charge in [-0.2, -0.15) is 5.26 Å². The lowest BCUT2D eigenvalue weighted by Crippen LogP contribution is -2.11. The third-order valence-electron chi connectivity index (χ3n) is 2.46. The first-order valence-corrected chi connectivity index (χ1v) is 5.43. The molecule has 0 saturated heterocycles. The summed E-state index contributed by atoms with van der Waals surface area (Å²) in [5.41, 5.74) is 1.09. The molecule has 0 saturated carbocycles. The molecule has 0 aliphatic rings. The van der Waals surface area contributed by atoms with E-state index in [2.05, 4.69) is 4.98 Å². The zero-order valence-electron chi connectivity index (χ0n) is 8.85. The Kier molecular flexibility index (Phi) is 3.27. The molecule has 1 aromatic carbocycles. The summed E-state index contributed by atoms with van der Waals surface area (Å²) < 4.78 is 0. The molecule has 3 nitrogen and oxygen atoms in total. The van der Waals surface area contributed by atoms with Crippen LogP contribution in [0.15, 0.2) is 42.6 Å². The number of ketones is 1. The third-order valence-corrected chi connectivity index (χ3v) is 2.71. The Morgan fingerprint density at radius 2 is 2.00 bits per heavy atom. The smallest absolute Gasteiger partial charge is 0.200 e. The number of carbonyl (C=O) groups is 1. The molecule has 0 radical (unpaired) electrons. The van der Waals surface area contributed by atoms with Gasteiger partial charge in [0.15, 0.2) is 0 Å². The predicted molar refractivity (Wildman–Crippen MR) is 64.9 cm³/mol. The van der Waals surface area contributed by atoms with E-state index >= 15 is 0 Å². The summed E-state index contributed by atoms with van der Waals surface area (Å²) in [5, 5.41) is 9.68. The molecule has 1 N–H and O–H groups in total. The molecule has 0 aliphatic heterocycles. The lowest BCUT2D eigenvalue weighted by atomic mass is 9.94. The van der Waals surface area contributed by atoms with Gasteiger partial charge < -0.3 is 4.98 Å². The predicted octanol–water partition coefficient (Wildman–Crippen LogP) is 3.16. The monoisotopic (exact) mass is 244 g/mol. The fourth-order valence-corrected chi connectivity index (χ4v) is 1.70. The topological polar surface area (TPSA) is 56.6 Å². The number of hydrogen-bond donors (Lipinski definition) is 1. The number of rotatable bonds is 3. The van der Waals surface area contributed by atoms with E-state index in [0.717, 1.165) is 0 Å². The highest BCUT2D eigenvalue weighted by Crippen LogP contribution is 2.21. The first-order chi connectivity index (χ1) is 8.22. The van der Waals surface area contributed by atoms with E-state index in [1.165, 1.54) is 0 Å². The lowest BCUT2D eigenvalue weighted by molar-refractivity contribution is 0.0974. The highest BCUT2D eigenvalue weighted by atomic mass is 35.5. The number of hydrogen-bond acceptors (Lipinski definition) is 2. The minimum Gasteiger partial charge on any atom is -0.359 e. The van der Waals surface area contributed by atoms with Crippen LogP contribution in [0.25, 0.3) is 0 Å². The summed E-state index contributed by atoms with van der Waals surface area (Å²) in [6.45, 7) is 0. The Labute approximate surface area is 104 Å². The number of halogens is 1. The number of H-pyrrole nitrogens is 1. The molecule has 2 rings (SSSR count). The van der Waals surface area contributed by atoms with E-state index in [-0.39, 0.29) is 5.78 Å². The maximum Gasteiger partial charge on any atom is 0.200 e. The van der Waals surface area contributed by atoms with E-state index in [1.807, 2.05) is 6.07 Å². The van der Waals surface area contributed by atoms with Crippen LogP contribution in [0.1, 0.15) is 22.0 Å². The number of aromatic nitrogens is 1. The van der Waals surface area contributed by atoms with Gasteiger partial charge in [-0.15, -0.1) is 0 Å². The van der Waals surface area contributed by atoms with Crippen LogP contribution in [0, 0.1) is 11.3 Å². The first-order valence-electron chi connectivity index (χ1n) is 5.05. The van der Waals surface area contributed by atoms with Crippen molar-refractivity contribution in [3.05, 3.63) is 58.9 Å². The summed E-state index contributed by atoms with van der Waals surface area (Å²) in [5.74, 6) is -1.04. The molecule has 84 valence electrons. The summed E-state index contributed by atoms with van der Waals surface area (Å²) in [6.07, 6.45) is 1.66. The van der Waals surface area contributed by atoms with Crippen molar-refractivity contribution in [1.82, 2.24) is 4.98 Å². The van der Waals surface area contributed by atoms with Crippen LogP contribution in [0.2, 0.25) is 5.02 Å². The molecule has 0 aliphatic carbocycles. The van der Waals surface area contributed by atoms with Crippen molar-refractivity contribution in [2.45, 2.75) is 5.92 Å². The van der Waals surface area contributed by atoms with Gasteiger partial charge in [0.2, 0.25) is 5.78 Å². The average Bonchev–Trinajstić information content (AvgIpc) is 2.86. The molecular formula is C13H9ClN2O. The molecular weight excluding hydrogens is 236 g/mol. The van der Waals surface area contributed by atoms with E-state index in [0.29, 0.717) is 16.3 Å². The normalized spacial score (nSPS) is 11.8. The number of nitrogens with zero attached hydrogens (tertiary/aromatic N) is 1. The standard InChI is InChI=1S/C13H9ClN2O/c14-10-5-3-9(4-6-10)11(8-15)13(17)12-2-1-7-16-12/h1-7,11,16H. The van der Waals surface area contributed by atoms with Crippen LogP contribution >= 0.6 is 11.6 Å². The molecule has 0 bridgehead atoms. The minimum absolute atomic E-state index is 0.236. The van der Waals surface area contributed by atoms with Crippen molar-refractivity contribution in [3.63, 3.8) is 0 Å². The SMILES string of the molecule is N#CC(C(=O)c1ccc[nH]1)c1ccc(Cl)cc1. The molecule has 1 aromatic heterocycles. The van der Waals surface area contributed by atoms with Crippen LogP contribution in [0.5, 0.6) is 0 Å². The van der Waals surface area contributed by atoms with Crippen LogP contribution in [0.3, 0.4) is 0 Å². The molecule has 0 amide bonds. The van der Waals surface area contributed by atoms with Crippen LogP contribution in [-0.2, 0) is 0 Å². The molecule has 0 fully saturated rings. The minimum atomic E-state index is -0.800. The Balaban J connectivity index is 2.32. The van der Waals surface area contributed by atoms with Gasteiger partial charge in [0.1, 0.15) is 5.92 Å². The van der Waals surface area contributed by atoms with E-state index in [1.54, 1.807) is 42.6 Å². The number of aromatic amines is 1. The quantitative estimate of drug-likeness (QED) is 0.843. The van der Waals surface area contributed by atoms with Gasteiger partial charge in [-0.05, 0) is 29.8 Å². The highest BCUT2D eigenvalue weighted by Gasteiger charge is 2.22. The van der Waals surface area contributed by atoms with Crippen molar-refractivity contribution in [3.8, 4) is 6.07 Å². The van der Waals surface area contributed by atoms with Crippen molar-refractivity contribution < 1.29 is 4.79 Å². The molecule has 17 heavy (non-hydrogen) atoms. The fraction of sp³-hybridized carbons (Fsp3) is 0.0769. The number of nitrogens with one attached hydrogen (secondary N) is 1. The van der Waals surface area contributed by atoms with E-state index in [4.69, 9.17) is 16.9 Å². The van der Waals surface area contributed by atoms with Crippen LogP contribution < -0.4 is 0 Å². The molecule has 4 heteroatoms. The van der Waals surface area contributed by atoms with Gasteiger partial charge in [0, 0.05) is 11.2 Å². The number of carbonyl (C=O) groups excluding carboxylic acids is 1. The second-order valence-corrected chi connectivity index (χ2v) is 4.00. The van der Waals surface area contributed by atoms with Gasteiger partial charge in [-0.25, -0.2) is 0 Å². The second-order valence-electron chi connectivity index (χ2n) is 3.56. The van der Waals surface area contributed by atoms with Gasteiger partial charge >= 0.3 is 0 Å². The van der Waals surface area contributed by atoms with Crippen molar-refractivity contribution in [2.24, 2.45) is 0 Å². The summed E-state index contributed by atoms with van der Waals surface area (Å²) in [6, 6.07) is 12.1. The Bertz CT molecular complexity index is 552. The third kappa shape index (κ3) is 2.38. The maximum absolute atomic E-state index is 12.0. The Hall–Kier alpha value is -2.05. The van der Waals surface area contributed by atoms with E-state index in [9.17, 15) is 4.79 Å². The zero-order valence-corrected chi connectivity index (χ0v) is 9.61. The van der Waals surface area contributed by atoms with Gasteiger partial charge in [0.25, 0.3) is 0 Å². The summed E-state index contributed by atoms with van der Waals surface area (Å²) >= 11 is 5.76. The second kappa shape index (κ2) is 4.86. The molecule has 1 heterocycles. The largest absolute Gasteiger partial charge is 0.359 e. The van der Waals surface area contributed by atoms with Gasteiger partial charge in [-0.1, -0.05) is 23.7 Å². The van der Waals surface area contributed by atoms with Crippen LogP contribution in [0.4, 0.5) is 0 Å². The van der Waals surface area contributed by atoms with Gasteiger partial charge in [0.05, 0.1) is 11.8 Å². The summed E-state index contributed by atoms with van der Waals surface area (Å²) in [4.78, 5) is 14.8. The number of Topliss-reactive ketones (excluding diaryl/α,β-unsaturated/α-hetero) is 1. The van der Waals surface area contributed by atoms with Crippen LogP contribution in [-0.4, -0.2) is 10.8 Å². The maximum atomic E-state index is 12.0. The molecule has 0 spiro atoms. The highest BCUT2D eigenvalue weighted by molar-refractivity contribution is 6.30. The van der Waals surface area contributed by atoms with Gasteiger partial charge in [-0.3, -0.25) is 4.79 Å². The Morgan fingerprint density at radius 3 is 2.53 bits per heavy atom. The first kappa shape index (κ1) is 11.4. The average molecular weight is 245 g/mol. The molecule has 2 aromatic rings.